The summed E-state index contributed by atoms with van der Waals surface area (Å²) in [5, 5.41) is -7.19. The second-order valence-corrected chi connectivity index (χ2v) is 10.5. The second-order valence-electron chi connectivity index (χ2n) is 8.31. The molecule has 2 rings (SSSR count). The SMILES string of the molecule is O=S(=O)(CCN(Cc1ccccc1)Cc1ccccc1)C(F)(F)C(F)(F)C(F)(F)C(F)(F)C(F)(F)C(F)(F)F. The lowest BCUT2D eigenvalue weighted by molar-refractivity contribution is -0.433. The molecule has 2 aromatic rings. The number of hydrogen-bond donors (Lipinski definition) is 0. The molecule has 39 heavy (non-hydrogen) atoms. The molecule has 0 amide bonds. The molecular formula is C22H18F13NO2S. The van der Waals surface area contributed by atoms with Gasteiger partial charge in [0.15, 0.2) is 0 Å². The van der Waals surface area contributed by atoms with Crippen molar-refractivity contribution in [3.8, 4) is 0 Å². The van der Waals surface area contributed by atoms with Crippen LogP contribution >= 0.6 is 0 Å². The molecule has 220 valence electrons. The van der Waals surface area contributed by atoms with Gasteiger partial charge in [-0.05, 0) is 11.1 Å². The predicted molar refractivity (Wildman–Crippen MR) is 112 cm³/mol. The Morgan fingerprint density at radius 2 is 0.897 bits per heavy atom. The van der Waals surface area contributed by atoms with E-state index in [1.165, 1.54) is 48.5 Å². The highest BCUT2D eigenvalue weighted by Gasteiger charge is 2.92. The maximum Gasteiger partial charge on any atom is 0.460 e. The molecule has 0 unspecified atom stereocenters. The van der Waals surface area contributed by atoms with Crippen LogP contribution in [-0.4, -0.2) is 60.7 Å². The van der Waals surface area contributed by atoms with Crippen LogP contribution in [0.4, 0.5) is 57.1 Å². The molecule has 0 heterocycles. The van der Waals surface area contributed by atoms with E-state index in [1.807, 2.05) is 0 Å². The molecule has 0 spiro atoms. The van der Waals surface area contributed by atoms with E-state index in [4.69, 9.17) is 0 Å². The summed E-state index contributed by atoms with van der Waals surface area (Å²) in [6, 6.07) is 15.3. The lowest BCUT2D eigenvalue weighted by Gasteiger charge is -2.39. The molecule has 0 aromatic heterocycles. The molecule has 0 bridgehead atoms. The summed E-state index contributed by atoms with van der Waals surface area (Å²) < 4.78 is 198. The monoisotopic (exact) mass is 607 g/mol. The summed E-state index contributed by atoms with van der Waals surface area (Å²) in [6.45, 7) is -1.50. The van der Waals surface area contributed by atoms with Crippen molar-refractivity contribution in [3.05, 3.63) is 71.8 Å². The van der Waals surface area contributed by atoms with Crippen molar-refractivity contribution in [1.29, 1.82) is 0 Å². The predicted octanol–water partition coefficient (Wildman–Crippen LogP) is 6.80. The highest BCUT2D eigenvalue weighted by atomic mass is 32.2. The zero-order valence-electron chi connectivity index (χ0n) is 19.2. The lowest BCUT2D eigenvalue weighted by atomic mass is 9.98. The third-order valence-corrected chi connectivity index (χ3v) is 7.23. The molecule has 0 atom stereocenters. The fourth-order valence-corrected chi connectivity index (χ4v) is 4.50. The molecule has 17 heteroatoms. The molecule has 3 nitrogen and oxygen atoms in total. The standard InChI is InChI=1S/C22H18F13NO2S/c23-17(24,19(27,28)21(31,32)33)18(25,26)20(29,30)22(34,35)39(37,38)12-11-36(13-15-7-3-1-4-8-15)14-16-9-5-2-6-10-16/h1-10H,11-14H2. The zero-order valence-corrected chi connectivity index (χ0v) is 20.0. The summed E-state index contributed by atoms with van der Waals surface area (Å²) in [6.07, 6.45) is -7.58. The third-order valence-electron chi connectivity index (χ3n) is 5.47. The molecule has 0 N–H and O–H groups in total. The molecule has 0 aliphatic carbocycles. The van der Waals surface area contributed by atoms with Crippen LogP contribution in [0.15, 0.2) is 60.7 Å². The van der Waals surface area contributed by atoms with E-state index in [-0.39, 0.29) is 13.1 Å². The van der Waals surface area contributed by atoms with Crippen LogP contribution in [0.1, 0.15) is 11.1 Å². The number of nitrogens with zero attached hydrogens (tertiary/aromatic N) is 1. The fraction of sp³-hybridized carbons (Fsp3) is 0.455. The first kappa shape index (κ1) is 32.7. The van der Waals surface area contributed by atoms with Gasteiger partial charge in [-0.15, -0.1) is 0 Å². The quantitative estimate of drug-likeness (QED) is 0.249. The van der Waals surface area contributed by atoms with Crippen molar-refractivity contribution >= 4 is 9.84 Å². The maximum absolute atomic E-state index is 14.3. The van der Waals surface area contributed by atoms with Crippen LogP contribution in [-0.2, 0) is 22.9 Å². The number of rotatable bonds is 12. The van der Waals surface area contributed by atoms with Gasteiger partial charge in [-0.1, -0.05) is 60.7 Å². The van der Waals surface area contributed by atoms with E-state index < -0.39 is 57.3 Å². The van der Waals surface area contributed by atoms with Gasteiger partial charge < -0.3 is 0 Å². The van der Waals surface area contributed by atoms with Gasteiger partial charge in [0.25, 0.3) is 0 Å². The third kappa shape index (κ3) is 5.98. The minimum Gasteiger partial charge on any atom is -0.294 e. The highest BCUT2D eigenvalue weighted by molar-refractivity contribution is 7.92. The molecule has 2 aromatic carbocycles. The van der Waals surface area contributed by atoms with E-state index in [0.717, 1.165) is 4.90 Å². The minimum atomic E-state index is -8.18. The Labute approximate surface area is 213 Å². The Morgan fingerprint density at radius 1 is 0.538 bits per heavy atom. The van der Waals surface area contributed by atoms with Crippen LogP contribution in [0.3, 0.4) is 0 Å². The van der Waals surface area contributed by atoms with Gasteiger partial charge in [0.05, 0.1) is 5.75 Å². The molecule has 0 fully saturated rings. The largest absolute Gasteiger partial charge is 0.460 e. The van der Waals surface area contributed by atoms with Crippen molar-refractivity contribution < 1.29 is 65.5 Å². The molecule has 0 aliphatic rings. The molecule has 0 saturated carbocycles. The van der Waals surface area contributed by atoms with Gasteiger partial charge >= 0.3 is 35.1 Å². The number of alkyl halides is 13. The molecule has 0 aliphatic heterocycles. The highest BCUT2D eigenvalue weighted by Crippen LogP contribution is 2.61. The first-order chi connectivity index (χ1) is 17.5. The normalized spacial score (nSPS) is 14.6. The van der Waals surface area contributed by atoms with E-state index in [9.17, 15) is 65.5 Å². The van der Waals surface area contributed by atoms with E-state index >= 15 is 0 Å². The van der Waals surface area contributed by atoms with Crippen molar-refractivity contribution in [2.24, 2.45) is 0 Å². The first-order valence-corrected chi connectivity index (χ1v) is 12.2. The van der Waals surface area contributed by atoms with Crippen molar-refractivity contribution in [2.75, 3.05) is 12.3 Å². The van der Waals surface area contributed by atoms with Gasteiger partial charge in [-0.3, -0.25) is 4.90 Å². The van der Waals surface area contributed by atoms with E-state index in [1.54, 1.807) is 12.1 Å². The Morgan fingerprint density at radius 3 is 1.26 bits per heavy atom. The van der Waals surface area contributed by atoms with Crippen LogP contribution in [0.2, 0.25) is 0 Å². The summed E-state index contributed by atoms with van der Waals surface area (Å²) >= 11 is 0. The summed E-state index contributed by atoms with van der Waals surface area (Å²) in [5.41, 5.74) is 0.895. The fourth-order valence-electron chi connectivity index (χ4n) is 3.23. The van der Waals surface area contributed by atoms with Crippen molar-refractivity contribution in [2.45, 2.75) is 48.2 Å². The number of sulfone groups is 1. The van der Waals surface area contributed by atoms with Gasteiger partial charge in [0.1, 0.15) is 0 Å². The van der Waals surface area contributed by atoms with E-state index in [0.29, 0.717) is 11.1 Å². The Kier molecular flexibility index (Phi) is 9.03. The van der Waals surface area contributed by atoms with Gasteiger partial charge in [-0.25, -0.2) is 8.42 Å². The van der Waals surface area contributed by atoms with Crippen LogP contribution in [0.5, 0.6) is 0 Å². The zero-order chi connectivity index (χ0) is 30.1. The van der Waals surface area contributed by atoms with E-state index in [2.05, 4.69) is 0 Å². The smallest absolute Gasteiger partial charge is 0.294 e. The van der Waals surface area contributed by atoms with Gasteiger partial charge in [0.2, 0.25) is 9.84 Å². The molecule has 0 radical (unpaired) electrons. The maximum atomic E-state index is 14.3. The van der Waals surface area contributed by atoms with Crippen LogP contribution in [0, 0.1) is 0 Å². The van der Waals surface area contributed by atoms with Crippen molar-refractivity contribution in [1.82, 2.24) is 4.90 Å². The minimum absolute atomic E-state index is 0.209. The Hall–Kier alpha value is -2.56. The Balaban J connectivity index is 2.39. The van der Waals surface area contributed by atoms with Crippen LogP contribution in [0.25, 0.3) is 0 Å². The summed E-state index contributed by atoms with van der Waals surface area (Å²) in [5.74, 6) is -34.3. The topological polar surface area (TPSA) is 37.4 Å². The summed E-state index contributed by atoms with van der Waals surface area (Å²) in [7, 11) is -6.89. The number of halogens is 13. The number of hydrogen-bond acceptors (Lipinski definition) is 3. The van der Waals surface area contributed by atoms with Crippen LogP contribution < -0.4 is 0 Å². The number of benzene rings is 2. The Bertz CT molecular complexity index is 1160. The van der Waals surface area contributed by atoms with Gasteiger partial charge in [-0.2, -0.15) is 57.1 Å². The van der Waals surface area contributed by atoms with Crippen molar-refractivity contribution in [3.63, 3.8) is 0 Å². The molecular weight excluding hydrogens is 589 g/mol. The second kappa shape index (κ2) is 10.8. The average molecular weight is 607 g/mol. The lowest BCUT2D eigenvalue weighted by Crippen LogP contribution is -2.71. The summed E-state index contributed by atoms with van der Waals surface area (Å²) in [4.78, 5) is 1.08. The molecule has 0 saturated heterocycles. The van der Waals surface area contributed by atoms with Gasteiger partial charge in [0, 0.05) is 19.6 Å². The first-order valence-electron chi connectivity index (χ1n) is 10.5. The average Bonchev–Trinajstić information content (AvgIpc) is 2.82.